The monoisotopic (exact) mass is 458 g/mol. The Bertz CT molecular complexity index is 1410. The van der Waals surface area contributed by atoms with Gasteiger partial charge in [-0.3, -0.25) is 14.5 Å². The summed E-state index contributed by atoms with van der Waals surface area (Å²) in [6, 6.07) is 13.9. The van der Waals surface area contributed by atoms with Crippen LogP contribution in [0.3, 0.4) is 0 Å². The van der Waals surface area contributed by atoms with Crippen LogP contribution in [0.1, 0.15) is 39.5 Å². The number of fused-ring (bicyclic) bond motifs is 4. The molecule has 1 aliphatic heterocycles. The summed E-state index contributed by atoms with van der Waals surface area (Å²) in [5, 5.41) is 2.90. The number of aromatic amines is 1. The fourth-order valence-corrected chi connectivity index (χ4v) is 6.47. The first-order valence-electron chi connectivity index (χ1n) is 11.7. The molecule has 2 aromatic heterocycles. The molecule has 1 aliphatic carbocycles. The Hall–Kier alpha value is -3.03. The molecule has 0 saturated carbocycles. The number of hydrogen-bond acceptors (Lipinski definition) is 5. The number of carbonyl (C=O) groups excluding carboxylic acids is 1. The highest BCUT2D eigenvalue weighted by atomic mass is 32.1. The topological polar surface area (TPSA) is 69.3 Å². The van der Waals surface area contributed by atoms with Crippen LogP contribution in [0.15, 0.2) is 47.3 Å². The van der Waals surface area contributed by atoms with Crippen molar-refractivity contribution < 1.29 is 4.79 Å². The van der Waals surface area contributed by atoms with Gasteiger partial charge in [-0.05, 0) is 48.1 Å². The number of aryl methyl sites for hydroxylation is 2. The van der Waals surface area contributed by atoms with Crippen molar-refractivity contribution in [2.45, 2.75) is 32.2 Å². The lowest BCUT2D eigenvalue weighted by molar-refractivity contribution is 0.0627. The molecule has 1 amide bonds. The third-order valence-corrected chi connectivity index (χ3v) is 8.11. The largest absolute Gasteiger partial charge is 0.336 e. The minimum atomic E-state index is -0.000769. The number of aromatic nitrogens is 2. The summed E-state index contributed by atoms with van der Waals surface area (Å²) >= 11 is 1.69. The molecular formula is C26H26N4O2S. The van der Waals surface area contributed by atoms with Crippen LogP contribution < -0.4 is 5.56 Å². The SMILES string of the molecule is O=C(c1cccc2ccccc12)N1CCN(Cc2nc3sc4c(c3c(=O)[nH]2)CCCC4)CC1. The first-order chi connectivity index (χ1) is 16.2. The summed E-state index contributed by atoms with van der Waals surface area (Å²) in [5.41, 5.74) is 1.99. The highest BCUT2D eigenvalue weighted by molar-refractivity contribution is 7.18. The van der Waals surface area contributed by atoms with E-state index in [9.17, 15) is 9.59 Å². The zero-order valence-corrected chi connectivity index (χ0v) is 19.3. The van der Waals surface area contributed by atoms with E-state index in [0.29, 0.717) is 19.6 Å². The molecule has 0 radical (unpaired) electrons. The fourth-order valence-electron chi connectivity index (χ4n) is 5.19. The molecular weight excluding hydrogens is 432 g/mol. The van der Waals surface area contributed by atoms with Gasteiger partial charge in [-0.1, -0.05) is 36.4 Å². The summed E-state index contributed by atoms with van der Waals surface area (Å²) in [7, 11) is 0. The van der Waals surface area contributed by atoms with Gasteiger partial charge in [0, 0.05) is 36.6 Å². The van der Waals surface area contributed by atoms with Crippen molar-refractivity contribution in [2.24, 2.45) is 0 Å². The van der Waals surface area contributed by atoms with E-state index < -0.39 is 0 Å². The number of nitrogens with zero attached hydrogens (tertiary/aromatic N) is 3. The van der Waals surface area contributed by atoms with Crippen LogP contribution in [0.2, 0.25) is 0 Å². The first-order valence-corrected chi connectivity index (χ1v) is 12.5. The predicted octanol–water partition coefficient (Wildman–Crippen LogP) is 3.97. The molecule has 0 unspecified atom stereocenters. The number of piperazine rings is 1. The normalized spacial score (nSPS) is 16.9. The molecule has 6 rings (SSSR count). The van der Waals surface area contributed by atoms with Crippen molar-refractivity contribution in [3.63, 3.8) is 0 Å². The molecule has 0 bridgehead atoms. The van der Waals surface area contributed by atoms with Crippen LogP contribution in [0.4, 0.5) is 0 Å². The van der Waals surface area contributed by atoms with Gasteiger partial charge in [0.05, 0.1) is 11.9 Å². The highest BCUT2D eigenvalue weighted by Crippen LogP contribution is 2.33. The Labute approximate surface area is 195 Å². The second-order valence-corrected chi connectivity index (χ2v) is 10.1. The average molecular weight is 459 g/mol. The lowest BCUT2D eigenvalue weighted by Gasteiger charge is -2.34. The number of nitrogens with one attached hydrogen (secondary N) is 1. The van der Waals surface area contributed by atoms with Crippen molar-refractivity contribution in [1.82, 2.24) is 19.8 Å². The van der Waals surface area contributed by atoms with Gasteiger partial charge in [0.15, 0.2) is 0 Å². The molecule has 2 aliphatic rings. The lowest BCUT2D eigenvalue weighted by Crippen LogP contribution is -2.48. The van der Waals surface area contributed by atoms with Crippen molar-refractivity contribution >= 4 is 38.2 Å². The van der Waals surface area contributed by atoms with Gasteiger partial charge in [-0.15, -0.1) is 11.3 Å². The van der Waals surface area contributed by atoms with E-state index in [1.54, 1.807) is 11.3 Å². The van der Waals surface area contributed by atoms with Crippen LogP contribution >= 0.6 is 11.3 Å². The van der Waals surface area contributed by atoms with E-state index in [1.165, 1.54) is 16.9 Å². The number of carbonyl (C=O) groups is 1. The molecule has 1 saturated heterocycles. The lowest BCUT2D eigenvalue weighted by atomic mass is 9.97. The van der Waals surface area contributed by atoms with E-state index >= 15 is 0 Å². The zero-order chi connectivity index (χ0) is 22.4. The van der Waals surface area contributed by atoms with Crippen LogP contribution in [-0.2, 0) is 19.4 Å². The molecule has 2 aromatic carbocycles. The summed E-state index contributed by atoms with van der Waals surface area (Å²) in [5.74, 6) is 0.809. The highest BCUT2D eigenvalue weighted by Gasteiger charge is 2.25. The van der Waals surface area contributed by atoms with Gasteiger partial charge >= 0.3 is 0 Å². The second kappa shape index (κ2) is 8.39. The Balaban J connectivity index is 1.16. The minimum absolute atomic E-state index is 0.000769. The zero-order valence-electron chi connectivity index (χ0n) is 18.5. The van der Waals surface area contributed by atoms with Crippen molar-refractivity contribution in [3.05, 3.63) is 74.6 Å². The molecule has 1 N–H and O–H groups in total. The smallest absolute Gasteiger partial charge is 0.259 e. The molecule has 3 heterocycles. The van der Waals surface area contributed by atoms with Gasteiger partial charge in [0.1, 0.15) is 10.7 Å². The van der Waals surface area contributed by atoms with Gasteiger partial charge in [-0.25, -0.2) is 4.98 Å². The molecule has 7 heteroatoms. The summed E-state index contributed by atoms with van der Waals surface area (Å²) in [6.07, 6.45) is 4.41. The van der Waals surface area contributed by atoms with E-state index in [4.69, 9.17) is 4.98 Å². The quantitative estimate of drug-likeness (QED) is 0.504. The number of hydrogen-bond donors (Lipinski definition) is 1. The molecule has 4 aromatic rings. The number of rotatable bonds is 3. The number of thiophene rings is 1. The first kappa shape index (κ1) is 20.6. The van der Waals surface area contributed by atoms with Gasteiger partial charge < -0.3 is 9.88 Å². The van der Waals surface area contributed by atoms with Crippen LogP contribution in [0, 0.1) is 0 Å². The fraction of sp³-hybridized carbons (Fsp3) is 0.346. The summed E-state index contributed by atoms with van der Waals surface area (Å²) in [6.45, 7) is 3.46. The van der Waals surface area contributed by atoms with E-state index in [0.717, 1.165) is 64.7 Å². The summed E-state index contributed by atoms with van der Waals surface area (Å²) in [4.78, 5) is 40.3. The standard InChI is InChI=1S/C26H26N4O2S/c31-24-23-20-9-3-4-11-21(20)33-25(23)28-22(27-24)16-29-12-14-30(15-13-29)26(32)19-10-5-7-17-6-1-2-8-18(17)19/h1-2,5-8,10H,3-4,9,11-16H2,(H,27,28,31). The van der Waals surface area contributed by atoms with Crippen LogP contribution in [0.5, 0.6) is 0 Å². The molecule has 0 atom stereocenters. The maximum atomic E-state index is 13.2. The van der Waals surface area contributed by atoms with Crippen molar-refractivity contribution in [2.75, 3.05) is 26.2 Å². The predicted molar refractivity (Wildman–Crippen MR) is 132 cm³/mol. The minimum Gasteiger partial charge on any atom is -0.336 e. The van der Waals surface area contributed by atoms with E-state index in [1.807, 2.05) is 47.4 Å². The third-order valence-electron chi connectivity index (χ3n) is 6.93. The van der Waals surface area contributed by atoms with Crippen LogP contribution in [-0.4, -0.2) is 51.9 Å². The van der Waals surface area contributed by atoms with E-state index in [-0.39, 0.29) is 11.5 Å². The molecule has 168 valence electrons. The maximum Gasteiger partial charge on any atom is 0.259 e. The Morgan fingerprint density at radius 1 is 1.00 bits per heavy atom. The van der Waals surface area contributed by atoms with E-state index in [2.05, 4.69) is 9.88 Å². The number of benzene rings is 2. The van der Waals surface area contributed by atoms with Gasteiger partial charge in [-0.2, -0.15) is 0 Å². The van der Waals surface area contributed by atoms with Gasteiger partial charge in [0.2, 0.25) is 0 Å². The number of amides is 1. The third kappa shape index (κ3) is 3.75. The summed E-state index contributed by atoms with van der Waals surface area (Å²) < 4.78 is 0. The molecule has 6 nitrogen and oxygen atoms in total. The Kier molecular flexibility index (Phi) is 5.23. The maximum absolute atomic E-state index is 13.2. The molecule has 33 heavy (non-hydrogen) atoms. The average Bonchev–Trinajstić information content (AvgIpc) is 3.22. The molecule has 1 fully saturated rings. The Morgan fingerprint density at radius 3 is 2.67 bits per heavy atom. The van der Waals surface area contributed by atoms with Crippen LogP contribution in [0.25, 0.3) is 21.0 Å². The second-order valence-electron chi connectivity index (χ2n) is 9.00. The molecule has 0 spiro atoms. The number of H-pyrrole nitrogens is 1. The van der Waals surface area contributed by atoms with Crippen molar-refractivity contribution in [1.29, 1.82) is 0 Å². The van der Waals surface area contributed by atoms with Crippen molar-refractivity contribution in [3.8, 4) is 0 Å². The Morgan fingerprint density at radius 2 is 1.79 bits per heavy atom. The van der Waals surface area contributed by atoms with Gasteiger partial charge in [0.25, 0.3) is 11.5 Å².